The highest BCUT2D eigenvalue weighted by molar-refractivity contribution is 5.96. The van der Waals surface area contributed by atoms with Crippen LogP contribution in [-0.2, 0) is 4.74 Å². The molecule has 5 nitrogen and oxygen atoms in total. The van der Waals surface area contributed by atoms with E-state index in [1.54, 1.807) is 12.1 Å². The van der Waals surface area contributed by atoms with Crippen molar-refractivity contribution in [2.75, 3.05) is 37.8 Å². The standard InChI is InChI=1S/C16H25N3O2/c1-11(2)19-7-6-12(10-19)9-18-13-4-5-15(17)14(8-13)16(20)21-3/h4-5,8,11-12,18H,6-7,9-10,17H2,1-3H3. The second-order valence-electron chi connectivity index (χ2n) is 5.92. The summed E-state index contributed by atoms with van der Waals surface area (Å²) in [6.07, 6.45) is 1.21. The zero-order valence-electron chi connectivity index (χ0n) is 13.1. The molecule has 1 unspecified atom stereocenters. The van der Waals surface area contributed by atoms with Gasteiger partial charge in [-0.15, -0.1) is 0 Å². The molecule has 1 aliphatic heterocycles. The predicted octanol–water partition coefficient (Wildman–Crippen LogP) is 2.20. The molecule has 0 bridgehead atoms. The van der Waals surface area contributed by atoms with Crippen LogP contribution >= 0.6 is 0 Å². The van der Waals surface area contributed by atoms with E-state index in [0.717, 1.165) is 18.8 Å². The van der Waals surface area contributed by atoms with Crippen molar-refractivity contribution in [3.8, 4) is 0 Å². The number of hydrogen-bond acceptors (Lipinski definition) is 5. The second kappa shape index (κ2) is 6.80. The number of benzene rings is 1. The number of nitrogen functional groups attached to an aromatic ring is 1. The number of rotatable bonds is 5. The van der Waals surface area contributed by atoms with E-state index in [0.29, 0.717) is 23.2 Å². The molecule has 1 heterocycles. The number of anilines is 2. The predicted molar refractivity (Wildman–Crippen MR) is 85.5 cm³/mol. The number of nitrogens with zero attached hydrogens (tertiary/aromatic N) is 1. The molecule has 3 N–H and O–H groups in total. The van der Waals surface area contributed by atoms with Crippen LogP contribution in [-0.4, -0.2) is 43.7 Å². The van der Waals surface area contributed by atoms with Crippen molar-refractivity contribution in [2.45, 2.75) is 26.3 Å². The second-order valence-corrected chi connectivity index (χ2v) is 5.92. The monoisotopic (exact) mass is 291 g/mol. The molecule has 0 saturated carbocycles. The minimum atomic E-state index is -0.400. The Morgan fingerprint density at radius 3 is 2.90 bits per heavy atom. The van der Waals surface area contributed by atoms with Crippen LogP contribution in [0.2, 0.25) is 0 Å². The molecule has 0 aromatic heterocycles. The van der Waals surface area contributed by atoms with Crippen molar-refractivity contribution < 1.29 is 9.53 Å². The van der Waals surface area contributed by atoms with Crippen molar-refractivity contribution in [3.63, 3.8) is 0 Å². The molecular weight excluding hydrogens is 266 g/mol. The van der Waals surface area contributed by atoms with E-state index < -0.39 is 5.97 Å². The number of carbonyl (C=O) groups excluding carboxylic acids is 1. The fraction of sp³-hybridized carbons (Fsp3) is 0.562. The summed E-state index contributed by atoms with van der Waals surface area (Å²) in [7, 11) is 1.36. The van der Waals surface area contributed by atoms with Crippen LogP contribution in [0.15, 0.2) is 18.2 Å². The first-order valence-corrected chi connectivity index (χ1v) is 7.47. The van der Waals surface area contributed by atoms with Gasteiger partial charge in [0.2, 0.25) is 0 Å². The van der Waals surface area contributed by atoms with E-state index in [1.165, 1.54) is 20.1 Å². The Bertz CT molecular complexity index is 502. The number of nitrogens with one attached hydrogen (secondary N) is 1. The summed E-state index contributed by atoms with van der Waals surface area (Å²) in [5.41, 5.74) is 7.57. The molecule has 5 heteroatoms. The topological polar surface area (TPSA) is 67.6 Å². The molecule has 2 rings (SSSR count). The van der Waals surface area contributed by atoms with Crippen LogP contribution < -0.4 is 11.1 Å². The molecule has 1 aromatic carbocycles. The zero-order valence-corrected chi connectivity index (χ0v) is 13.1. The summed E-state index contributed by atoms with van der Waals surface area (Å²) in [6, 6.07) is 6.01. The molecule has 1 saturated heterocycles. The van der Waals surface area contributed by atoms with Crippen LogP contribution in [0, 0.1) is 5.92 Å². The van der Waals surface area contributed by atoms with Crippen molar-refractivity contribution in [2.24, 2.45) is 5.92 Å². The minimum absolute atomic E-state index is 0.400. The normalized spacial score (nSPS) is 19.0. The summed E-state index contributed by atoms with van der Waals surface area (Å²) >= 11 is 0. The van der Waals surface area contributed by atoms with E-state index in [4.69, 9.17) is 10.5 Å². The molecule has 116 valence electrons. The van der Waals surface area contributed by atoms with Gasteiger partial charge in [-0.1, -0.05) is 0 Å². The highest BCUT2D eigenvalue weighted by Gasteiger charge is 2.23. The van der Waals surface area contributed by atoms with Gasteiger partial charge < -0.3 is 20.7 Å². The van der Waals surface area contributed by atoms with Crippen molar-refractivity contribution in [1.29, 1.82) is 0 Å². The van der Waals surface area contributed by atoms with Gasteiger partial charge in [0.25, 0.3) is 0 Å². The van der Waals surface area contributed by atoms with Gasteiger partial charge in [-0.2, -0.15) is 0 Å². The highest BCUT2D eigenvalue weighted by Crippen LogP contribution is 2.22. The van der Waals surface area contributed by atoms with Crippen molar-refractivity contribution in [1.82, 2.24) is 4.90 Å². The maximum absolute atomic E-state index is 11.6. The lowest BCUT2D eigenvalue weighted by Gasteiger charge is -2.20. The van der Waals surface area contributed by atoms with E-state index in [2.05, 4.69) is 24.1 Å². The fourth-order valence-electron chi connectivity index (χ4n) is 2.71. The maximum atomic E-state index is 11.6. The molecule has 0 radical (unpaired) electrons. The maximum Gasteiger partial charge on any atom is 0.340 e. The summed E-state index contributed by atoms with van der Waals surface area (Å²) < 4.78 is 4.74. The number of esters is 1. The van der Waals surface area contributed by atoms with Crippen LogP contribution in [0.4, 0.5) is 11.4 Å². The molecule has 1 aromatic rings. The van der Waals surface area contributed by atoms with Gasteiger partial charge >= 0.3 is 5.97 Å². The van der Waals surface area contributed by atoms with Gasteiger partial charge in [0.1, 0.15) is 0 Å². The Balaban J connectivity index is 1.93. The Morgan fingerprint density at radius 1 is 1.52 bits per heavy atom. The average molecular weight is 291 g/mol. The van der Waals surface area contributed by atoms with Gasteiger partial charge in [0, 0.05) is 30.5 Å². The summed E-state index contributed by atoms with van der Waals surface area (Å²) in [5, 5.41) is 3.40. The lowest BCUT2D eigenvalue weighted by molar-refractivity contribution is 0.0602. The molecule has 1 atom stereocenters. The van der Waals surface area contributed by atoms with Crippen molar-refractivity contribution in [3.05, 3.63) is 23.8 Å². The van der Waals surface area contributed by atoms with Crippen LogP contribution in [0.25, 0.3) is 0 Å². The molecule has 0 aliphatic carbocycles. The van der Waals surface area contributed by atoms with Crippen LogP contribution in [0.5, 0.6) is 0 Å². The van der Waals surface area contributed by atoms with Crippen LogP contribution in [0.1, 0.15) is 30.6 Å². The lowest BCUT2D eigenvalue weighted by Crippen LogP contribution is -2.29. The molecular formula is C16H25N3O2. The quantitative estimate of drug-likeness (QED) is 0.643. The van der Waals surface area contributed by atoms with E-state index in [-0.39, 0.29) is 0 Å². The number of likely N-dealkylation sites (tertiary alicyclic amines) is 1. The molecule has 1 aliphatic rings. The number of methoxy groups -OCH3 is 1. The third-order valence-corrected chi connectivity index (χ3v) is 4.10. The first-order valence-electron chi connectivity index (χ1n) is 7.47. The number of ether oxygens (including phenoxy) is 1. The third-order valence-electron chi connectivity index (χ3n) is 4.10. The molecule has 0 amide bonds. The smallest absolute Gasteiger partial charge is 0.340 e. The average Bonchev–Trinajstić information content (AvgIpc) is 2.94. The van der Waals surface area contributed by atoms with Gasteiger partial charge in [0.15, 0.2) is 0 Å². The number of nitrogens with two attached hydrogens (primary N) is 1. The van der Waals surface area contributed by atoms with Crippen molar-refractivity contribution >= 4 is 17.3 Å². The lowest BCUT2D eigenvalue weighted by atomic mass is 10.1. The Labute approximate surface area is 126 Å². The van der Waals surface area contributed by atoms with E-state index in [9.17, 15) is 4.79 Å². The zero-order chi connectivity index (χ0) is 15.4. The van der Waals surface area contributed by atoms with Gasteiger partial charge in [-0.05, 0) is 50.9 Å². The summed E-state index contributed by atoms with van der Waals surface area (Å²) in [6.45, 7) is 7.67. The SMILES string of the molecule is COC(=O)c1cc(NCC2CCN(C(C)C)C2)ccc1N. The number of carbonyl (C=O) groups is 1. The number of hydrogen-bond donors (Lipinski definition) is 2. The summed E-state index contributed by atoms with van der Waals surface area (Å²) in [4.78, 5) is 14.1. The molecule has 21 heavy (non-hydrogen) atoms. The largest absolute Gasteiger partial charge is 0.465 e. The minimum Gasteiger partial charge on any atom is -0.465 e. The fourth-order valence-corrected chi connectivity index (χ4v) is 2.71. The van der Waals surface area contributed by atoms with Gasteiger partial charge in [0.05, 0.1) is 12.7 Å². The molecule has 0 spiro atoms. The highest BCUT2D eigenvalue weighted by atomic mass is 16.5. The van der Waals surface area contributed by atoms with Gasteiger partial charge in [-0.3, -0.25) is 0 Å². The molecule has 1 fully saturated rings. The first kappa shape index (κ1) is 15.6. The van der Waals surface area contributed by atoms with Crippen LogP contribution in [0.3, 0.4) is 0 Å². The Morgan fingerprint density at radius 2 is 2.29 bits per heavy atom. The first-order chi connectivity index (χ1) is 10.0. The van der Waals surface area contributed by atoms with Gasteiger partial charge in [-0.25, -0.2) is 4.79 Å². The Kier molecular flexibility index (Phi) is 5.07. The third kappa shape index (κ3) is 3.88. The van der Waals surface area contributed by atoms with E-state index in [1.807, 2.05) is 6.07 Å². The Hall–Kier alpha value is -1.75. The van der Waals surface area contributed by atoms with E-state index >= 15 is 0 Å². The summed E-state index contributed by atoms with van der Waals surface area (Å²) in [5.74, 6) is 0.245.